The van der Waals surface area contributed by atoms with Crippen molar-refractivity contribution < 1.29 is 9.59 Å². The van der Waals surface area contributed by atoms with Gasteiger partial charge >= 0.3 is 0 Å². The van der Waals surface area contributed by atoms with E-state index in [9.17, 15) is 14.4 Å². The van der Waals surface area contributed by atoms with Crippen LogP contribution < -0.4 is 15.8 Å². The molecule has 172 valence electrons. The number of hydrogen-bond acceptors (Lipinski definition) is 7. The number of amides is 2. The molecule has 0 radical (unpaired) electrons. The van der Waals surface area contributed by atoms with Crippen molar-refractivity contribution in [2.75, 3.05) is 37.6 Å². The van der Waals surface area contributed by atoms with Crippen LogP contribution in [0.3, 0.4) is 0 Å². The van der Waals surface area contributed by atoms with E-state index in [0.717, 1.165) is 80.8 Å². The average Bonchev–Trinajstić information content (AvgIpc) is 3.43. The van der Waals surface area contributed by atoms with E-state index in [0.29, 0.717) is 31.0 Å². The molecule has 32 heavy (non-hydrogen) atoms. The Morgan fingerprint density at radius 2 is 1.97 bits per heavy atom. The van der Waals surface area contributed by atoms with Crippen LogP contribution in [0.2, 0.25) is 0 Å². The summed E-state index contributed by atoms with van der Waals surface area (Å²) in [5, 5.41) is 8.39. The van der Waals surface area contributed by atoms with Crippen LogP contribution in [0.15, 0.2) is 4.79 Å². The van der Waals surface area contributed by atoms with Crippen LogP contribution in [0.1, 0.15) is 56.2 Å². The van der Waals surface area contributed by atoms with Gasteiger partial charge in [0.1, 0.15) is 0 Å². The van der Waals surface area contributed by atoms with Gasteiger partial charge in [-0.15, -0.1) is 5.10 Å². The molecule has 2 aromatic rings. The molecule has 2 aliphatic heterocycles. The predicted molar refractivity (Wildman–Crippen MR) is 122 cm³/mol. The van der Waals surface area contributed by atoms with Crippen LogP contribution in [-0.2, 0) is 22.4 Å². The fourth-order valence-electron chi connectivity index (χ4n) is 5.02. The second kappa shape index (κ2) is 9.17. The van der Waals surface area contributed by atoms with Crippen LogP contribution in [0.25, 0.3) is 4.96 Å². The summed E-state index contributed by atoms with van der Waals surface area (Å²) in [4.78, 5) is 46.7. The first-order valence-electron chi connectivity index (χ1n) is 11.8. The minimum Gasteiger partial charge on any atom is -0.356 e. The Labute approximate surface area is 190 Å². The third kappa shape index (κ3) is 4.24. The first kappa shape index (κ1) is 21.4. The lowest BCUT2D eigenvalue weighted by Gasteiger charge is -2.31. The minimum absolute atomic E-state index is 0.0324. The Morgan fingerprint density at radius 1 is 1.09 bits per heavy atom. The monoisotopic (exact) mass is 458 g/mol. The van der Waals surface area contributed by atoms with Gasteiger partial charge in [-0.25, -0.2) is 4.98 Å². The number of fused-ring (bicyclic) bond motifs is 2. The summed E-state index contributed by atoms with van der Waals surface area (Å²) in [5.41, 5.74) is 1.72. The van der Waals surface area contributed by atoms with E-state index in [2.05, 4.69) is 15.3 Å². The van der Waals surface area contributed by atoms with Crippen LogP contribution in [0.4, 0.5) is 5.13 Å². The Bertz CT molecular complexity index is 1080. The van der Waals surface area contributed by atoms with Gasteiger partial charge in [-0.05, 0) is 51.4 Å². The van der Waals surface area contributed by atoms with E-state index in [1.807, 2.05) is 4.90 Å². The van der Waals surface area contributed by atoms with E-state index in [-0.39, 0.29) is 23.3 Å². The molecule has 0 spiro atoms. The summed E-state index contributed by atoms with van der Waals surface area (Å²) < 4.78 is 1.45. The van der Waals surface area contributed by atoms with Crippen LogP contribution in [0, 0.1) is 5.92 Å². The van der Waals surface area contributed by atoms with E-state index in [1.165, 1.54) is 15.9 Å². The lowest BCUT2D eigenvalue weighted by Crippen LogP contribution is -2.43. The zero-order valence-corrected chi connectivity index (χ0v) is 19.2. The molecule has 4 heterocycles. The fraction of sp³-hybridized carbons (Fsp3) is 0.682. The van der Waals surface area contributed by atoms with Gasteiger partial charge in [0.2, 0.25) is 21.9 Å². The standard InChI is InChI=1S/C22H30N6O3S/c29-18-9-4-11-26(18)13-5-10-23-19(30)15-6-3-12-27(14-15)22-25-28-20(31)16-7-1-2-8-17(16)24-21(28)32-22/h15H,1-14H2,(H,23,30). The molecule has 1 aliphatic carbocycles. The van der Waals surface area contributed by atoms with Crippen molar-refractivity contribution in [1.82, 2.24) is 24.8 Å². The topological polar surface area (TPSA) is 99.9 Å². The minimum atomic E-state index is -0.0953. The smallest absolute Gasteiger partial charge is 0.278 e. The number of nitrogens with zero attached hydrogens (tertiary/aromatic N) is 5. The summed E-state index contributed by atoms with van der Waals surface area (Å²) in [7, 11) is 0. The number of hydrogen-bond donors (Lipinski definition) is 1. The molecule has 2 saturated heterocycles. The van der Waals surface area contributed by atoms with Crippen LogP contribution in [0.5, 0.6) is 0 Å². The SMILES string of the molecule is O=C(NCCCN1CCCC1=O)C1CCCN(c2nn3c(=O)c4c(nc3s2)CCCC4)C1. The van der Waals surface area contributed by atoms with Crippen molar-refractivity contribution in [1.29, 1.82) is 0 Å². The van der Waals surface area contributed by atoms with E-state index in [1.54, 1.807) is 0 Å². The van der Waals surface area contributed by atoms with Gasteiger partial charge in [-0.2, -0.15) is 4.52 Å². The van der Waals surface area contributed by atoms with Gasteiger partial charge in [0.05, 0.1) is 11.6 Å². The maximum Gasteiger partial charge on any atom is 0.278 e. The summed E-state index contributed by atoms with van der Waals surface area (Å²) in [5.74, 6) is 0.195. The van der Waals surface area contributed by atoms with Gasteiger partial charge in [0.15, 0.2) is 0 Å². The van der Waals surface area contributed by atoms with E-state index in [4.69, 9.17) is 4.98 Å². The molecular weight excluding hydrogens is 428 g/mol. The Balaban J connectivity index is 1.20. The number of aryl methyl sites for hydroxylation is 1. The molecule has 0 aromatic carbocycles. The lowest BCUT2D eigenvalue weighted by atomic mass is 9.97. The molecule has 1 unspecified atom stereocenters. The van der Waals surface area contributed by atoms with Gasteiger partial charge in [0, 0.05) is 44.7 Å². The van der Waals surface area contributed by atoms with E-state index >= 15 is 0 Å². The molecule has 3 aliphatic rings. The molecule has 2 amide bonds. The second-order valence-electron chi connectivity index (χ2n) is 9.04. The number of carbonyl (C=O) groups excluding carboxylic acids is 2. The summed E-state index contributed by atoms with van der Waals surface area (Å²) in [6.45, 7) is 3.58. The zero-order chi connectivity index (χ0) is 22.1. The van der Waals surface area contributed by atoms with E-state index < -0.39 is 0 Å². The van der Waals surface area contributed by atoms with Crippen molar-refractivity contribution in [3.05, 3.63) is 21.6 Å². The quantitative estimate of drug-likeness (QED) is 0.657. The summed E-state index contributed by atoms with van der Waals surface area (Å²) in [6.07, 6.45) is 7.91. The third-order valence-electron chi connectivity index (χ3n) is 6.81. The van der Waals surface area contributed by atoms with Crippen molar-refractivity contribution in [3.8, 4) is 0 Å². The van der Waals surface area contributed by atoms with Gasteiger partial charge in [-0.3, -0.25) is 14.4 Å². The van der Waals surface area contributed by atoms with Crippen LogP contribution in [-0.4, -0.2) is 64.0 Å². The Kier molecular flexibility index (Phi) is 6.12. The normalized spacial score (nSPS) is 21.2. The molecular formula is C22H30N6O3S. The molecule has 0 bridgehead atoms. The number of nitrogens with one attached hydrogen (secondary N) is 1. The molecule has 0 saturated carbocycles. The molecule has 1 atom stereocenters. The molecule has 2 aromatic heterocycles. The van der Waals surface area contributed by atoms with Crippen molar-refractivity contribution in [3.63, 3.8) is 0 Å². The number of carbonyl (C=O) groups is 2. The maximum absolute atomic E-state index is 12.9. The largest absolute Gasteiger partial charge is 0.356 e. The molecule has 10 heteroatoms. The molecule has 2 fully saturated rings. The first-order chi connectivity index (χ1) is 15.6. The lowest BCUT2D eigenvalue weighted by molar-refractivity contribution is -0.127. The Hall–Kier alpha value is -2.49. The molecule has 5 rings (SSSR count). The van der Waals surface area contributed by atoms with Crippen LogP contribution >= 0.6 is 11.3 Å². The summed E-state index contributed by atoms with van der Waals surface area (Å²) >= 11 is 1.44. The number of anilines is 1. The number of aromatic nitrogens is 3. The maximum atomic E-state index is 12.9. The van der Waals surface area contributed by atoms with Crippen molar-refractivity contribution in [2.24, 2.45) is 5.92 Å². The summed E-state index contributed by atoms with van der Waals surface area (Å²) in [6, 6.07) is 0. The predicted octanol–water partition coefficient (Wildman–Crippen LogP) is 1.37. The molecule has 1 N–H and O–H groups in total. The van der Waals surface area contributed by atoms with Gasteiger partial charge < -0.3 is 15.1 Å². The fourth-order valence-corrected chi connectivity index (χ4v) is 5.97. The highest BCUT2D eigenvalue weighted by Crippen LogP contribution is 2.28. The Morgan fingerprint density at radius 3 is 2.81 bits per heavy atom. The highest BCUT2D eigenvalue weighted by molar-refractivity contribution is 7.20. The third-order valence-corrected chi connectivity index (χ3v) is 7.78. The number of rotatable bonds is 6. The van der Waals surface area contributed by atoms with Gasteiger partial charge in [0.25, 0.3) is 5.56 Å². The van der Waals surface area contributed by atoms with Crippen molar-refractivity contribution >= 4 is 33.2 Å². The average molecular weight is 459 g/mol. The number of piperidine rings is 1. The van der Waals surface area contributed by atoms with Crippen molar-refractivity contribution in [2.45, 2.75) is 57.8 Å². The number of likely N-dealkylation sites (tertiary alicyclic amines) is 1. The van der Waals surface area contributed by atoms with Gasteiger partial charge in [-0.1, -0.05) is 11.3 Å². The highest BCUT2D eigenvalue weighted by atomic mass is 32.1. The highest BCUT2D eigenvalue weighted by Gasteiger charge is 2.28. The second-order valence-corrected chi connectivity index (χ2v) is 9.98. The molecule has 9 nitrogen and oxygen atoms in total. The first-order valence-corrected chi connectivity index (χ1v) is 12.6. The zero-order valence-electron chi connectivity index (χ0n) is 18.3.